The SMILES string of the molecule is CCCCCCCCNC(C)C(O)c1cc(C2CCCC2)cs1. The van der Waals surface area contributed by atoms with Crippen molar-refractivity contribution < 1.29 is 5.11 Å². The number of unbranched alkanes of at least 4 members (excludes halogenated alkanes) is 5. The molecule has 1 heterocycles. The van der Waals surface area contributed by atoms with Gasteiger partial charge in [0.05, 0.1) is 0 Å². The molecule has 1 aliphatic carbocycles. The van der Waals surface area contributed by atoms with E-state index in [1.807, 2.05) is 0 Å². The zero-order chi connectivity index (χ0) is 16.5. The molecule has 0 amide bonds. The van der Waals surface area contributed by atoms with Crippen LogP contribution in [0.4, 0.5) is 0 Å². The molecule has 0 bridgehead atoms. The van der Waals surface area contributed by atoms with Crippen LogP contribution in [0, 0.1) is 0 Å². The molecule has 2 N–H and O–H groups in total. The second kappa shape index (κ2) is 10.5. The van der Waals surface area contributed by atoms with E-state index < -0.39 is 0 Å². The van der Waals surface area contributed by atoms with Crippen molar-refractivity contribution in [2.24, 2.45) is 0 Å². The molecule has 2 atom stereocenters. The molecule has 0 saturated heterocycles. The summed E-state index contributed by atoms with van der Waals surface area (Å²) in [5, 5.41) is 16.3. The van der Waals surface area contributed by atoms with Gasteiger partial charge in [-0.2, -0.15) is 0 Å². The Morgan fingerprint density at radius 3 is 2.61 bits per heavy atom. The van der Waals surface area contributed by atoms with Crippen LogP contribution in [-0.2, 0) is 0 Å². The van der Waals surface area contributed by atoms with Gasteiger partial charge in [0, 0.05) is 10.9 Å². The fraction of sp³-hybridized carbons (Fsp3) is 0.800. The van der Waals surface area contributed by atoms with Crippen LogP contribution < -0.4 is 5.32 Å². The number of hydrogen-bond donors (Lipinski definition) is 2. The average Bonchev–Trinajstić information content (AvgIpc) is 3.23. The van der Waals surface area contributed by atoms with Crippen molar-refractivity contribution in [3.63, 3.8) is 0 Å². The molecule has 2 rings (SSSR count). The minimum absolute atomic E-state index is 0.140. The lowest BCUT2D eigenvalue weighted by atomic mass is 9.99. The van der Waals surface area contributed by atoms with Gasteiger partial charge >= 0.3 is 0 Å². The van der Waals surface area contributed by atoms with Gasteiger partial charge in [0.15, 0.2) is 0 Å². The maximum Gasteiger partial charge on any atom is 0.103 e. The van der Waals surface area contributed by atoms with Crippen LogP contribution in [0.1, 0.15) is 101 Å². The number of hydrogen-bond acceptors (Lipinski definition) is 3. The van der Waals surface area contributed by atoms with Crippen molar-refractivity contribution in [3.05, 3.63) is 21.9 Å². The highest BCUT2D eigenvalue weighted by atomic mass is 32.1. The van der Waals surface area contributed by atoms with Crippen LogP contribution in [-0.4, -0.2) is 17.7 Å². The molecule has 132 valence electrons. The molecule has 1 aromatic rings. The largest absolute Gasteiger partial charge is 0.386 e. The lowest BCUT2D eigenvalue weighted by Gasteiger charge is -2.19. The number of thiophene rings is 1. The number of rotatable bonds is 11. The topological polar surface area (TPSA) is 32.3 Å². The fourth-order valence-corrected chi connectivity index (χ4v) is 4.67. The molecule has 3 heteroatoms. The van der Waals surface area contributed by atoms with Crippen LogP contribution in [0.5, 0.6) is 0 Å². The zero-order valence-electron chi connectivity index (χ0n) is 15.0. The van der Waals surface area contributed by atoms with Crippen LogP contribution in [0.2, 0.25) is 0 Å². The van der Waals surface area contributed by atoms with Crippen LogP contribution in [0.3, 0.4) is 0 Å². The molecule has 0 aromatic carbocycles. The summed E-state index contributed by atoms with van der Waals surface area (Å²) >= 11 is 1.74. The van der Waals surface area contributed by atoms with E-state index in [-0.39, 0.29) is 12.1 Å². The van der Waals surface area contributed by atoms with Gasteiger partial charge in [-0.25, -0.2) is 0 Å². The second-order valence-corrected chi connectivity index (χ2v) is 8.16. The fourth-order valence-electron chi connectivity index (χ4n) is 3.59. The van der Waals surface area contributed by atoms with Gasteiger partial charge in [-0.3, -0.25) is 0 Å². The van der Waals surface area contributed by atoms with Crippen molar-refractivity contribution >= 4 is 11.3 Å². The summed E-state index contributed by atoms with van der Waals surface area (Å²) in [5.74, 6) is 0.749. The average molecular weight is 338 g/mol. The second-order valence-electron chi connectivity index (χ2n) is 7.22. The van der Waals surface area contributed by atoms with Gasteiger partial charge in [-0.15, -0.1) is 11.3 Å². The summed E-state index contributed by atoms with van der Waals surface area (Å²) in [6.45, 7) is 5.38. The highest BCUT2D eigenvalue weighted by Gasteiger charge is 2.22. The minimum atomic E-state index is -0.366. The summed E-state index contributed by atoms with van der Waals surface area (Å²) in [6, 6.07) is 2.40. The van der Waals surface area contributed by atoms with Crippen LogP contribution in [0.25, 0.3) is 0 Å². The Bertz CT molecular complexity index is 425. The molecule has 0 radical (unpaired) electrons. The van der Waals surface area contributed by atoms with E-state index in [2.05, 4.69) is 30.6 Å². The minimum Gasteiger partial charge on any atom is -0.386 e. The van der Waals surface area contributed by atoms with E-state index in [9.17, 15) is 5.11 Å². The highest BCUT2D eigenvalue weighted by molar-refractivity contribution is 7.10. The molecule has 1 aromatic heterocycles. The third-order valence-electron chi connectivity index (χ3n) is 5.23. The van der Waals surface area contributed by atoms with Gasteiger partial charge < -0.3 is 10.4 Å². The van der Waals surface area contributed by atoms with Crippen molar-refractivity contribution in [1.29, 1.82) is 0 Å². The first-order valence-electron chi connectivity index (χ1n) is 9.72. The van der Waals surface area contributed by atoms with Gasteiger partial charge in [-0.05, 0) is 55.7 Å². The Morgan fingerprint density at radius 2 is 1.87 bits per heavy atom. The molecule has 2 nitrogen and oxygen atoms in total. The Kier molecular flexibility index (Phi) is 8.63. The highest BCUT2D eigenvalue weighted by Crippen LogP contribution is 2.37. The van der Waals surface area contributed by atoms with E-state index in [0.717, 1.165) is 17.3 Å². The molecule has 0 spiro atoms. The summed E-state index contributed by atoms with van der Waals surface area (Å²) in [7, 11) is 0. The maximum absolute atomic E-state index is 10.6. The van der Waals surface area contributed by atoms with Crippen molar-refractivity contribution in [2.75, 3.05) is 6.54 Å². The van der Waals surface area contributed by atoms with E-state index >= 15 is 0 Å². The Balaban J connectivity index is 1.66. The Morgan fingerprint density at radius 1 is 1.17 bits per heavy atom. The Labute approximate surface area is 146 Å². The smallest absolute Gasteiger partial charge is 0.103 e. The molecule has 1 fully saturated rings. The predicted molar refractivity (Wildman–Crippen MR) is 101 cm³/mol. The third kappa shape index (κ3) is 6.21. The number of aliphatic hydroxyl groups excluding tert-OH is 1. The quantitative estimate of drug-likeness (QED) is 0.502. The van der Waals surface area contributed by atoms with Crippen molar-refractivity contribution in [3.8, 4) is 0 Å². The van der Waals surface area contributed by atoms with Crippen LogP contribution in [0.15, 0.2) is 11.4 Å². The number of nitrogens with one attached hydrogen (secondary N) is 1. The molecule has 2 unspecified atom stereocenters. The van der Waals surface area contributed by atoms with Crippen molar-refractivity contribution in [2.45, 2.75) is 96.1 Å². The molecule has 0 aliphatic heterocycles. The van der Waals surface area contributed by atoms with E-state index in [0.29, 0.717) is 0 Å². The summed E-state index contributed by atoms with van der Waals surface area (Å²) < 4.78 is 0. The first-order chi connectivity index (χ1) is 11.2. The van der Waals surface area contributed by atoms with Gasteiger partial charge in [0.25, 0.3) is 0 Å². The summed E-state index contributed by atoms with van der Waals surface area (Å²) in [5.41, 5.74) is 1.46. The van der Waals surface area contributed by atoms with E-state index in [1.165, 1.54) is 69.8 Å². The van der Waals surface area contributed by atoms with E-state index in [4.69, 9.17) is 0 Å². The normalized spacial score (nSPS) is 18.4. The summed E-state index contributed by atoms with van der Waals surface area (Å²) in [4.78, 5) is 1.13. The Hall–Kier alpha value is -0.380. The van der Waals surface area contributed by atoms with Gasteiger partial charge in [0.1, 0.15) is 6.10 Å². The van der Waals surface area contributed by atoms with Crippen molar-refractivity contribution in [1.82, 2.24) is 5.32 Å². The zero-order valence-corrected chi connectivity index (χ0v) is 15.8. The molecule has 1 aliphatic rings. The van der Waals surface area contributed by atoms with E-state index in [1.54, 1.807) is 11.3 Å². The van der Waals surface area contributed by atoms with Crippen LogP contribution >= 0.6 is 11.3 Å². The predicted octanol–water partition coefficient (Wildman–Crippen LogP) is 5.78. The van der Waals surface area contributed by atoms with Gasteiger partial charge in [0.2, 0.25) is 0 Å². The molecular weight excluding hydrogens is 302 g/mol. The molecular formula is C20H35NOS. The first kappa shape index (κ1) is 19.0. The molecule has 23 heavy (non-hydrogen) atoms. The summed E-state index contributed by atoms with van der Waals surface area (Å²) in [6.07, 6.45) is 13.0. The third-order valence-corrected chi connectivity index (χ3v) is 6.25. The first-order valence-corrected chi connectivity index (χ1v) is 10.6. The lowest BCUT2D eigenvalue weighted by Crippen LogP contribution is -2.32. The number of aliphatic hydroxyl groups is 1. The maximum atomic E-state index is 10.6. The molecule has 1 saturated carbocycles. The standard InChI is InChI=1S/C20H35NOS/c1-3-4-5-6-7-10-13-21-16(2)20(22)19-14-18(15-23-19)17-11-8-9-12-17/h14-17,20-22H,3-13H2,1-2H3. The lowest BCUT2D eigenvalue weighted by molar-refractivity contribution is 0.139. The monoisotopic (exact) mass is 337 g/mol. The van der Waals surface area contributed by atoms with Gasteiger partial charge in [-0.1, -0.05) is 51.9 Å².